The van der Waals surface area contributed by atoms with Crippen LogP contribution in [0, 0.1) is 0 Å². The fourth-order valence-corrected chi connectivity index (χ4v) is 4.88. The molecule has 0 atom stereocenters. The minimum Gasteiger partial charge on any atom is -0.469 e. The number of carbonyl (C=O) groups excluding carboxylic acids is 2. The van der Waals surface area contributed by atoms with Gasteiger partial charge < -0.3 is 9.47 Å². The van der Waals surface area contributed by atoms with Crippen LogP contribution in [0.2, 0.25) is 0 Å². The molecule has 0 heterocycles. The van der Waals surface area contributed by atoms with Gasteiger partial charge in [-0.1, -0.05) is 141 Å². The van der Waals surface area contributed by atoms with Gasteiger partial charge in [0.1, 0.15) is 0 Å². The summed E-state index contributed by atoms with van der Waals surface area (Å²) in [5.41, 5.74) is 0. The molecule has 0 aromatic rings. The maximum atomic E-state index is 10.9. The topological polar surface area (TPSA) is 52.6 Å². The number of unbranched alkanes of at least 4 members (excludes halogenated alkanes) is 22. The number of allylic oxidation sites excluding steroid dienone is 4. The first-order valence-corrected chi connectivity index (χ1v) is 18.1. The number of hydrogen-bond acceptors (Lipinski definition) is 4. The SMILES string of the molecule is CCCCC/C=C\CCCCCCCCCCC(=O)OC.CCCCC/C=C\CCCCCCCCCCC(=O)OC. The first-order valence-electron chi connectivity index (χ1n) is 18.1. The van der Waals surface area contributed by atoms with Crippen LogP contribution in [0.3, 0.4) is 0 Å². The van der Waals surface area contributed by atoms with Gasteiger partial charge in [-0.15, -0.1) is 0 Å². The van der Waals surface area contributed by atoms with Crippen molar-refractivity contribution in [3.8, 4) is 0 Å². The van der Waals surface area contributed by atoms with Crippen molar-refractivity contribution in [1.82, 2.24) is 0 Å². The van der Waals surface area contributed by atoms with E-state index < -0.39 is 0 Å². The van der Waals surface area contributed by atoms with Crippen molar-refractivity contribution in [3.63, 3.8) is 0 Å². The second-order valence-electron chi connectivity index (χ2n) is 11.8. The molecule has 0 saturated carbocycles. The van der Waals surface area contributed by atoms with E-state index in [1.54, 1.807) is 0 Å². The number of carbonyl (C=O) groups is 2. The monoisotopic (exact) mass is 593 g/mol. The van der Waals surface area contributed by atoms with E-state index in [0.717, 1.165) is 25.7 Å². The zero-order valence-corrected chi connectivity index (χ0v) is 28.7. The molecule has 0 spiro atoms. The molecular formula is C38H72O4. The molecule has 0 aliphatic heterocycles. The van der Waals surface area contributed by atoms with Crippen LogP contribution in [0.1, 0.15) is 194 Å². The summed E-state index contributed by atoms with van der Waals surface area (Å²) in [6.45, 7) is 4.51. The summed E-state index contributed by atoms with van der Waals surface area (Å²) in [5, 5.41) is 0. The van der Waals surface area contributed by atoms with Gasteiger partial charge in [-0.2, -0.15) is 0 Å². The van der Waals surface area contributed by atoms with E-state index in [2.05, 4.69) is 47.6 Å². The Morgan fingerprint density at radius 3 is 0.881 bits per heavy atom. The lowest BCUT2D eigenvalue weighted by molar-refractivity contribution is -0.141. The van der Waals surface area contributed by atoms with E-state index >= 15 is 0 Å². The summed E-state index contributed by atoms with van der Waals surface area (Å²) in [4.78, 5) is 21.8. The largest absolute Gasteiger partial charge is 0.469 e. The molecule has 0 saturated heterocycles. The third-order valence-electron chi connectivity index (χ3n) is 7.74. The van der Waals surface area contributed by atoms with Crippen molar-refractivity contribution < 1.29 is 19.1 Å². The van der Waals surface area contributed by atoms with Crippen LogP contribution in [-0.2, 0) is 19.1 Å². The van der Waals surface area contributed by atoms with Gasteiger partial charge in [0.2, 0.25) is 0 Å². The van der Waals surface area contributed by atoms with Gasteiger partial charge in [-0.05, 0) is 64.2 Å². The van der Waals surface area contributed by atoms with E-state index in [9.17, 15) is 9.59 Å². The summed E-state index contributed by atoms with van der Waals surface area (Å²) < 4.78 is 9.25. The Bertz CT molecular complexity index is 544. The Morgan fingerprint density at radius 2 is 0.619 bits per heavy atom. The van der Waals surface area contributed by atoms with E-state index in [0.29, 0.717) is 12.8 Å². The molecule has 0 rings (SSSR count). The van der Waals surface area contributed by atoms with Gasteiger partial charge in [-0.3, -0.25) is 9.59 Å². The number of ether oxygens (including phenoxy) is 2. The van der Waals surface area contributed by atoms with Gasteiger partial charge in [0.25, 0.3) is 0 Å². The maximum Gasteiger partial charge on any atom is 0.305 e. The molecule has 4 heteroatoms. The maximum absolute atomic E-state index is 10.9. The van der Waals surface area contributed by atoms with Crippen molar-refractivity contribution in [3.05, 3.63) is 24.3 Å². The van der Waals surface area contributed by atoms with Crippen molar-refractivity contribution in [2.24, 2.45) is 0 Å². The Labute approximate surface area is 262 Å². The zero-order valence-electron chi connectivity index (χ0n) is 28.7. The molecule has 0 aromatic carbocycles. The predicted octanol–water partition coefficient (Wildman–Crippen LogP) is 12.4. The summed E-state index contributed by atoms with van der Waals surface area (Å²) in [7, 11) is 2.92. The van der Waals surface area contributed by atoms with E-state index in [1.807, 2.05) is 0 Å². The van der Waals surface area contributed by atoms with Crippen molar-refractivity contribution in [1.29, 1.82) is 0 Å². The summed E-state index contributed by atoms with van der Waals surface area (Å²) in [6.07, 6.45) is 44.0. The van der Waals surface area contributed by atoms with E-state index in [1.165, 1.54) is 155 Å². The molecule has 0 fully saturated rings. The fraction of sp³-hybridized carbons (Fsp3) is 0.842. The average Bonchev–Trinajstić information content (AvgIpc) is 3.01. The zero-order chi connectivity index (χ0) is 31.2. The lowest BCUT2D eigenvalue weighted by Gasteiger charge is -2.01. The Morgan fingerprint density at radius 1 is 0.381 bits per heavy atom. The molecule has 0 aliphatic rings. The number of hydrogen-bond donors (Lipinski definition) is 0. The molecule has 42 heavy (non-hydrogen) atoms. The average molecular weight is 593 g/mol. The lowest BCUT2D eigenvalue weighted by Crippen LogP contribution is -1.99. The van der Waals surface area contributed by atoms with Gasteiger partial charge in [-0.25, -0.2) is 0 Å². The van der Waals surface area contributed by atoms with Crippen LogP contribution >= 0.6 is 0 Å². The van der Waals surface area contributed by atoms with Gasteiger partial charge >= 0.3 is 11.9 Å². The molecule has 248 valence electrons. The number of methoxy groups -OCH3 is 2. The highest BCUT2D eigenvalue weighted by atomic mass is 16.5. The normalized spacial score (nSPS) is 11.1. The predicted molar refractivity (Wildman–Crippen MR) is 183 cm³/mol. The number of esters is 2. The molecule has 0 aromatic heterocycles. The quantitative estimate of drug-likeness (QED) is 0.0473. The first kappa shape index (κ1) is 42.6. The molecule has 0 amide bonds. The highest BCUT2D eigenvalue weighted by Crippen LogP contribution is 2.13. The van der Waals surface area contributed by atoms with Crippen molar-refractivity contribution >= 4 is 11.9 Å². The minimum absolute atomic E-state index is 0.0715. The lowest BCUT2D eigenvalue weighted by atomic mass is 10.1. The van der Waals surface area contributed by atoms with Crippen LogP contribution in [0.5, 0.6) is 0 Å². The molecule has 0 N–H and O–H groups in total. The Kier molecular flexibility index (Phi) is 39.9. The summed E-state index contributed by atoms with van der Waals surface area (Å²) >= 11 is 0. The number of rotatable bonds is 30. The second kappa shape index (κ2) is 39.4. The standard InChI is InChI=1S/2C19H36O2/c2*1-3-4-5-6-7-8-9-10-11-12-13-14-15-16-17-18-19(20)21-2/h2*7-8H,3-6,9-18H2,1-2H3/b2*8-7-. The Hall–Kier alpha value is -1.58. The third kappa shape index (κ3) is 40.6. The van der Waals surface area contributed by atoms with Crippen LogP contribution < -0.4 is 0 Å². The summed E-state index contributed by atoms with van der Waals surface area (Å²) in [5.74, 6) is -0.143. The Balaban J connectivity index is 0. The first-order chi connectivity index (χ1) is 20.6. The van der Waals surface area contributed by atoms with Gasteiger partial charge in [0.05, 0.1) is 14.2 Å². The minimum atomic E-state index is -0.0715. The third-order valence-corrected chi connectivity index (χ3v) is 7.74. The van der Waals surface area contributed by atoms with Crippen LogP contribution in [0.25, 0.3) is 0 Å². The van der Waals surface area contributed by atoms with Crippen molar-refractivity contribution in [2.75, 3.05) is 14.2 Å². The fourth-order valence-electron chi connectivity index (χ4n) is 4.88. The van der Waals surface area contributed by atoms with Crippen LogP contribution in [0.15, 0.2) is 24.3 Å². The second-order valence-corrected chi connectivity index (χ2v) is 11.8. The van der Waals surface area contributed by atoms with E-state index in [-0.39, 0.29) is 11.9 Å². The van der Waals surface area contributed by atoms with Crippen molar-refractivity contribution in [2.45, 2.75) is 194 Å². The highest BCUT2D eigenvalue weighted by Gasteiger charge is 2.00. The van der Waals surface area contributed by atoms with Crippen LogP contribution in [-0.4, -0.2) is 26.2 Å². The molecule has 0 unspecified atom stereocenters. The molecule has 0 bridgehead atoms. The van der Waals surface area contributed by atoms with Gasteiger partial charge in [0, 0.05) is 12.8 Å². The smallest absolute Gasteiger partial charge is 0.305 e. The molecule has 4 nitrogen and oxygen atoms in total. The van der Waals surface area contributed by atoms with Crippen LogP contribution in [0.4, 0.5) is 0 Å². The highest BCUT2D eigenvalue weighted by molar-refractivity contribution is 5.69. The molecule has 0 radical (unpaired) electrons. The van der Waals surface area contributed by atoms with Gasteiger partial charge in [0.15, 0.2) is 0 Å². The van der Waals surface area contributed by atoms with E-state index in [4.69, 9.17) is 0 Å². The molecule has 0 aliphatic carbocycles. The summed E-state index contributed by atoms with van der Waals surface area (Å²) in [6, 6.07) is 0. The molecular weight excluding hydrogens is 520 g/mol.